The van der Waals surface area contributed by atoms with Crippen molar-refractivity contribution in [3.63, 3.8) is 0 Å². The fraction of sp³-hybridized carbons (Fsp3) is 0.381. The SMILES string of the molecule is CCC(C)Oc1cccc(NC(=O)CNc2ccccc2OC(C)C)c1. The molecule has 0 bridgehead atoms. The molecule has 5 nitrogen and oxygen atoms in total. The van der Waals surface area contributed by atoms with Gasteiger partial charge in [0, 0.05) is 11.8 Å². The van der Waals surface area contributed by atoms with E-state index in [0.717, 1.165) is 23.6 Å². The zero-order valence-corrected chi connectivity index (χ0v) is 15.9. The Labute approximate surface area is 155 Å². The molecular formula is C21H28N2O3. The fourth-order valence-electron chi connectivity index (χ4n) is 2.31. The maximum Gasteiger partial charge on any atom is 0.243 e. The van der Waals surface area contributed by atoms with Gasteiger partial charge in [-0.05, 0) is 51.5 Å². The number of nitrogens with one attached hydrogen (secondary N) is 2. The molecular weight excluding hydrogens is 328 g/mol. The Kier molecular flexibility index (Phi) is 7.33. The van der Waals surface area contributed by atoms with Crippen molar-refractivity contribution in [2.24, 2.45) is 0 Å². The smallest absolute Gasteiger partial charge is 0.243 e. The van der Waals surface area contributed by atoms with Gasteiger partial charge in [-0.1, -0.05) is 25.1 Å². The molecule has 140 valence electrons. The van der Waals surface area contributed by atoms with Gasteiger partial charge in [0.15, 0.2) is 0 Å². The minimum Gasteiger partial charge on any atom is -0.491 e. The Morgan fingerprint density at radius 2 is 1.81 bits per heavy atom. The lowest BCUT2D eigenvalue weighted by Crippen LogP contribution is -2.22. The van der Waals surface area contributed by atoms with Crippen molar-refractivity contribution in [3.8, 4) is 11.5 Å². The highest BCUT2D eigenvalue weighted by Gasteiger charge is 2.08. The van der Waals surface area contributed by atoms with Crippen molar-refractivity contribution < 1.29 is 14.3 Å². The molecule has 2 rings (SSSR count). The molecule has 5 heteroatoms. The Morgan fingerprint density at radius 1 is 1.04 bits per heavy atom. The van der Waals surface area contributed by atoms with Gasteiger partial charge < -0.3 is 20.1 Å². The van der Waals surface area contributed by atoms with Crippen molar-refractivity contribution in [3.05, 3.63) is 48.5 Å². The first-order valence-electron chi connectivity index (χ1n) is 9.04. The van der Waals surface area contributed by atoms with E-state index in [2.05, 4.69) is 17.6 Å². The first-order chi connectivity index (χ1) is 12.5. The molecule has 0 aliphatic carbocycles. The van der Waals surface area contributed by atoms with Gasteiger partial charge in [0.1, 0.15) is 11.5 Å². The van der Waals surface area contributed by atoms with Crippen LogP contribution in [0.25, 0.3) is 0 Å². The van der Waals surface area contributed by atoms with Crippen molar-refractivity contribution in [1.82, 2.24) is 0 Å². The number of rotatable bonds is 9. The van der Waals surface area contributed by atoms with E-state index >= 15 is 0 Å². The van der Waals surface area contributed by atoms with Gasteiger partial charge in [-0.2, -0.15) is 0 Å². The highest BCUT2D eigenvalue weighted by molar-refractivity contribution is 5.94. The number of benzene rings is 2. The van der Waals surface area contributed by atoms with Crippen molar-refractivity contribution in [2.45, 2.75) is 46.3 Å². The molecule has 1 unspecified atom stereocenters. The molecule has 0 aliphatic heterocycles. The number of para-hydroxylation sites is 2. The van der Waals surface area contributed by atoms with Gasteiger partial charge in [0.05, 0.1) is 24.4 Å². The van der Waals surface area contributed by atoms with Crippen LogP contribution in [0.1, 0.15) is 34.1 Å². The second-order valence-electron chi connectivity index (χ2n) is 6.43. The third kappa shape index (κ3) is 6.31. The lowest BCUT2D eigenvalue weighted by Gasteiger charge is -2.16. The first kappa shape index (κ1) is 19.6. The second-order valence-corrected chi connectivity index (χ2v) is 6.43. The zero-order valence-electron chi connectivity index (χ0n) is 15.9. The third-order valence-electron chi connectivity index (χ3n) is 3.72. The van der Waals surface area contributed by atoms with E-state index in [9.17, 15) is 4.79 Å². The standard InChI is InChI=1S/C21H28N2O3/c1-5-16(4)26-18-10-8-9-17(13-18)23-21(24)14-22-19-11-6-7-12-20(19)25-15(2)3/h6-13,15-16,22H,5,14H2,1-4H3,(H,23,24). The molecule has 26 heavy (non-hydrogen) atoms. The number of hydrogen-bond donors (Lipinski definition) is 2. The molecule has 0 fully saturated rings. The van der Waals surface area contributed by atoms with Crippen LogP contribution in [-0.2, 0) is 4.79 Å². The van der Waals surface area contributed by atoms with E-state index in [-0.39, 0.29) is 24.7 Å². The van der Waals surface area contributed by atoms with Crippen LogP contribution in [0.3, 0.4) is 0 Å². The van der Waals surface area contributed by atoms with E-state index in [0.29, 0.717) is 5.69 Å². The topological polar surface area (TPSA) is 59.6 Å². The molecule has 0 saturated carbocycles. The third-order valence-corrected chi connectivity index (χ3v) is 3.72. The molecule has 0 aliphatic rings. The van der Waals surface area contributed by atoms with Crippen LogP contribution in [0.5, 0.6) is 11.5 Å². The highest BCUT2D eigenvalue weighted by Crippen LogP contribution is 2.24. The molecule has 1 atom stereocenters. The summed E-state index contributed by atoms with van der Waals surface area (Å²) in [6.07, 6.45) is 1.14. The summed E-state index contributed by atoms with van der Waals surface area (Å²) in [5, 5.41) is 6.01. The van der Waals surface area contributed by atoms with Crippen LogP contribution in [0.4, 0.5) is 11.4 Å². The maximum absolute atomic E-state index is 12.3. The van der Waals surface area contributed by atoms with Crippen molar-refractivity contribution in [1.29, 1.82) is 0 Å². The van der Waals surface area contributed by atoms with Gasteiger partial charge in [-0.25, -0.2) is 0 Å². The van der Waals surface area contributed by atoms with E-state index in [1.807, 2.05) is 69.3 Å². The van der Waals surface area contributed by atoms with E-state index in [1.54, 1.807) is 0 Å². The number of hydrogen-bond acceptors (Lipinski definition) is 4. The van der Waals surface area contributed by atoms with Gasteiger partial charge in [0.25, 0.3) is 0 Å². The first-order valence-corrected chi connectivity index (χ1v) is 9.04. The summed E-state index contributed by atoms with van der Waals surface area (Å²) in [7, 11) is 0. The van der Waals surface area contributed by atoms with Gasteiger partial charge in [-0.3, -0.25) is 4.79 Å². The molecule has 0 aromatic heterocycles. The van der Waals surface area contributed by atoms with Crippen molar-refractivity contribution in [2.75, 3.05) is 17.2 Å². The molecule has 2 N–H and O–H groups in total. The van der Waals surface area contributed by atoms with Gasteiger partial charge >= 0.3 is 0 Å². The normalized spacial score (nSPS) is 11.7. The Balaban J connectivity index is 1.92. The summed E-state index contributed by atoms with van der Waals surface area (Å²) in [5.41, 5.74) is 1.51. The van der Waals surface area contributed by atoms with Crippen LogP contribution >= 0.6 is 0 Å². The second kappa shape index (κ2) is 9.70. The minimum atomic E-state index is -0.134. The van der Waals surface area contributed by atoms with Crippen LogP contribution < -0.4 is 20.1 Å². The quantitative estimate of drug-likeness (QED) is 0.684. The number of amides is 1. The number of carbonyl (C=O) groups excluding carboxylic acids is 1. The summed E-state index contributed by atoms with van der Waals surface area (Å²) in [5.74, 6) is 1.35. The average molecular weight is 356 g/mol. The highest BCUT2D eigenvalue weighted by atomic mass is 16.5. The van der Waals surface area contributed by atoms with Gasteiger partial charge in [-0.15, -0.1) is 0 Å². The Bertz CT molecular complexity index is 716. The lowest BCUT2D eigenvalue weighted by molar-refractivity contribution is -0.114. The molecule has 2 aromatic rings. The van der Waals surface area contributed by atoms with E-state index in [1.165, 1.54) is 0 Å². The van der Waals surface area contributed by atoms with Crippen molar-refractivity contribution >= 4 is 17.3 Å². The zero-order chi connectivity index (χ0) is 18.9. The average Bonchev–Trinajstić information content (AvgIpc) is 2.60. The molecule has 0 heterocycles. The predicted octanol–water partition coefficient (Wildman–Crippen LogP) is 4.70. The monoisotopic (exact) mass is 356 g/mol. The molecule has 2 aromatic carbocycles. The summed E-state index contributed by atoms with van der Waals surface area (Å²) >= 11 is 0. The van der Waals surface area contributed by atoms with E-state index < -0.39 is 0 Å². The maximum atomic E-state index is 12.3. The van der Waals surface area contributed by atoms with E-state index in [4.69, 9.17) is 9.47 Å². The summed E-state index contributed by atoms with van der Waals surface area (Å²) in [6.45, 7) is 8.18. The van der Waals surface area contributed by atoms with Crippen LogP contribution in [0.2, 0.25) is 0 Å². The van der Waals surface area contributed by atoms with Crippen LogP contribution in [-0.4, -0.2) is 24.7 Å². The van der Waals surface area contributed by atoms with Crippen LogP contribution in [0, 0.1) is 0 Å². The summed E-state index contributed by atoms with van der Waals surface area (Å²) in [4.78, 5) is 12.3. The number of anilines is 2. The number of carbonyl (C=O) groups is 1. The largest absolute Gasteiger partial charge is 0.491 e. The molecule has 0 spiro atoms. The predicted molar refractivity (Wildman–Crippen MR) is 106 cm³/mol. The van der Waals surface area contributed by atoms with Crippen LogP contribution in [0.15, 0.2) is 48.5 Å². The summed E-state index contributed by atoms with van der Waals surface area (Å²) < 4.78 is 11.5. The number of ether oxygens (including phenoxy) is 2. The molecule has 0 saturated heterocycles. The molecule has 1 amide bonds. The van der Waals surface area contributed by atoms with Gasteiger partial charge in [0.2, 0.25) is 5.91 Å². The Morgan fingerprint density at radius 3 is 2.54 bits per heavy atom. The minimum absolute atomic E-state index is 0.0695. The fourth-order valence-corrected chi connectivity index (χ4v) is 2.31. The Hall–Kier alpha value is -2.69. The molecule has 0 radical (unpaired) electrons. The summed E-state index contributed by atoms with van der Waals surface area (Å²) in [6, 6.07) is 15.0. The lowest BCUT2D eigenvalue weighted by atomic mass is 10.2.